The Balaban J connectivity index is 1.43. The van der Waals surface area contributed by atoms with E-state index in [1.165, 1.54) is 18.2 Å². The number of nitrogens with one attached hydrogen (secondary N) is 1. The number of anilines is 2. The summed E-state index contributed by atoms with van der Waals surface area (Å²) < 4.78 is 13.6. The van der Waals surface area contributed by atoms with Gasteiger partial charge < -0.3 is 10.2 Å². The monoisotopic (exact) mass is 491 g/mol. The van der Waals surface area contributed by atoms with E-state index < -0.39 is 11.7 Å². The molecule has 0 unspecified atom stereocenters. The second kappa shape index (κ2) is 9.00. The fourth-order valence-electron chi connectivity index (χ4n) is 4.01. The molecule has 1 aliphatic rings. The van der Waals surface area contributed by atoms with Crippen LogP contribution in [0.2, 0.25) is 5.02 Å². The van der Waals surface area contributed by atoms with Gasteiger partial charge in [0.2, 0.25) is 0 Å². The molecule has 5 nitrogen and oxygen atoms in total. The van der Waals surface area contributed by atoms with Gasteiger partial charge in [0.05, 0.1) is 28.5 Å². The topological polar surface area (TPSA) is 62.3 Å². The quantitative estimate of drug-likeness (QED) is 0.368. The minimum Gasteiger partial charge on any atom is -0.322 e. The van der Waals surface area contributed by atoms with Crippen molar-refractivity contribution in [3.05, 3.63) is 110 Å². The van der Waals surface area contributed by atoms with Crippen LogP contribution in [0.5, 0.6) is 0 Å². The molecule has 0 saturated carbocycles. The number of aryl methyl sites for hydroxylation is 1. The summed E-state index contributed by atoms with van der Waals surface area (Å²) in [5, 5.41) is 4.95. The lowest BCUT2D eigenvalue weighted by Gasteiger charge is -2.23. The average Bonchev–Trinajstić information content (AvgIpc) is 3.19. The number of hydrogen-bond acceptors (Lipinski definition) is 4. The molecule has 0 radical (unpaired) electrons. The Morgan fingerprint density at radius 1 is 1.12 bits per heavy atom. The van der Waals surface area contributed by atoms with Crippen molar-refractivity contribution in [1.29, 1.82) is 0 Å². The van der Waals surface area contributed by atoms with Gasteiger partial charge in [0.15, 0.2) is 0 Å². The minimum absolute atomic E-state index is 0.208. The third kappa shape index (κ3) is 4.20. The van der Waals surface area contributed by atoms with Crippen LogP contribution in [0.4, 0.5) is 15.8 Å². The molecule has 0 atom stereocenters. The van der Waals surface area contributed by atoms with Crippen molar-refractivity contribution in [3.8, 4) is 0 Å². The number of nitrogens with zero attached hydrogens (tertiary/aromatic N) is 2. The van der Waals surface area contributed by atoms with Crippen LogP contribution < -0.4 is 10.2 Å². The van der Waals surface area contributed by atoms with E-state index in [2.05, 4.69) is 16.4 Å². The summed E-state index contributed by atoms with van der Waals surface area (Å²) in [5.41, 5.74) is 4.36. The van der Waals surface area contributed by atoms with Crippen LogP contribution in [0.3, 0.4) is 0 Å². The van der Waals surface area contributed by atoms with Crippen molar-refractivity contribution in [2.45, 2.75) is 19.9 Å². The first-order chi connectivity index (χ1) is 16.4. The van der Waals surface area contributed by atoms with E-state index in [1.54, 1.807) is 47.6 Å². The van der Waals surface area contributed by atoms with Crippen molar-refractivity contribution in [2.75, 3.05) is 10.2 Å². The fraction of sp³-hybridized carbons (Fsp3) is 0.115. The minimum atomic E-state index is -0.490. The molecule has 5 rings (SSSR count). The van der Waals surface area contributed by atoms with Crippen molar-refractivity contribution in [2.24, 2.45) is 0 Å². The smallest absolute Gasteiger partial charge is 0.260 e. The van der Waals surface area contributed by atoms with E-state index in [-0.39, 0.29) is 16.5 Å². The first kappa shape index (κ1) is 22.3. The van der Waals surface area contributed by atoms with E-state index in [1.807, 2.05) is 17.5 Å². The Morgan fingerprint density at radius 3 is 2.79 bits per heavy atom. The number of aromatic nitrogens is 1. The summed E-state index contributed by atoms with van der Waals surface area (Å²) in [6.45, 7) is 2.16. The summed E-state index contributed by atoms with van der Waals surface area (Å²) in [6, 6.07) is 14.5. The second-order valence-electron chi connectivity index (χ2n) is 8.01. The molecular weight excluding hydrogens is 473 g/mol. The van der Waals surface area contributed by atoms with Crippen molar-refractivity contribution in [3.63, 3.8) is 0 Å². The molecule has 170 valence electrons. The van der Waals surface area contributed by atoms with Gasteiger partial charge in [0, 0.05) is 28.7 Å². The lowest BCUT2D eigenvalue weighted by atomic mass is 10.1. The van der Waals surface area contributed by atoms with Crippen LogP contribution >= 0.6 is 22.9 Å². The van der Waals surface area contributed by atoms with Crippen LogP contribution in [0.15, 0.2) is 66.2 Å². The second-order valence-corrected chi connectivity index (χ2v) is 9.42. The highest BCUT2D eigenvalue weighted by Gasteiger charge is 2.27. The summed E-state index contributed by atoms with van der Waals surface area (Å²) in [6.07, 6.45) is 2.39. The number of carbonyl (C=O) groups is 2. The summed E-state index contributed by atoms with van der Waals surface area (Å²) in [4.78, 5) is 33.5. The number of fused-ring (bicyclic) bond motifs is 2. The third-order valence-electron chi connectivity index (χ3n) is 5.80. The number of thiophene rings is 1. The molecule has 3 heterocycles. The molecule has 2 aromatic heterocycles. The van der Waals surface area contributed by atoms with E-state index >= 15 is 0 Å². The van der Waals surface area contributed by atoms with Crippen LogP contribution in [0.25, 0.3) is 0 Å². The fourth-order valence-corrected chi connectivity index (χ4v) is 5.17. The summed E-state index contributed by atoms with van der Waals surface area (Å²) >= 11 is 8.11. The SMILES string of the molecule is Cc1ccc(F)cc1C(=O)Nc1ccc(C(=O)N2Cc3sccc3Cc3ncccc32)c(Cl)c1. The van der Waals surface area contributed by atoms with Crippen LogP contribution in [-0.4, -0.2) is 16.8 Å². The van der Waals surface area contributed by atoms with E-state index in [9.17, 15) is 14.0 Å². The number of rotatable bonds is 3. The molecule has 1 N–H and O–H groups in total. The number of amides is 2. The summed E-state index contributed by atoms with van der Waals surface area (Å²) in [5.74, 6) is -1.19. The van der Waals surface area contributed by atoms with Gasteiger partial charge in [0.1, 0.15) is 5.82 Å². The van der Waals surface area contributed by atoms with Crippen LogP contribution in [-0.2, 0) is 13.0 Å². The largest absolute Gasteiger partial charge is 0.322 e. The first-order valence-electron chi connectivity index (χ1n) is 10.6. The van der Waals surface area contributed by atoms with Gasteiger partial charge in [-0.15, -0.1) is 11.3 Å². The maximum Gasteiger partial charge on any atom is 0.260 e. The zero-order chi connectivity index (χ0) is 23.8. The van der Waals surface area contributed by atoms with E-state index in [4.69, 9.17) is 11.6 Å². The van der Waals surface area contributed by atoms with Gasteiger partial charge in [0.25, 0.3) is 11.8 Å². The molecule has 0 saturated heterocycles. The molecule has 2 aromatic carbocycles. The van der Waals surface area contributed by atoms with Crippen molar-refractivity contribution >= 4 is 46.1 Å². The van der Waals surface area contributed by atoms with Crippen LogP contribution in [0.1, 0.15) is 42.4 Å². The maximum atomic E-state index is 13.6. The molecule has 1 aliphatic heterocycles. The van der Waals surface area contributed by atoms with Gasteiger partial charge in [-0.3, -0.25) is 14.6 Å². The lowest BCUT2D eigenvalue weighted by molar-refractivity contribution is 0.0984. The number of hydrogen-bond donors (Lipinski definition) is 1. The van der Waals surface area contributed by atoms with Gasteiger partial charge >= 0.3 is 0 Å². The van der Waals surface area contributed by atoms with Crippen molar-refractivity contribution < 1.29 is 14.0 Å². The lowest BCUT2D eigenvalue weighted by Crippen LogP contribution is -2.30. The molecule has 8 heteroatoms. The third-order valence-corrected chi connectivity index (χ3v) is 7.06. The van der Waals surface area contributed by atoms with E-state index in [0.717, 1.165) is 21.8 Å². The number of halogens is 2. The Kier molecular flexibility index (Phi) is 5.89. The first-order valence-corrected chi connectivity index (χ1v) is 11.8. The highest BCUT2D eigenvalue weighted by molar-refractivity contribution is 7.10. The van der Waals surface area contributed by atoms with Crippen molar-refractivity contribution in [1.82, 2.24) is 4.98 Å². The Hall–Kier alpha value is -3.55. The predicted octanol–water partition coefficient (Wildman–Crippen LogP) is 6.25. The number of pyridine rings is 1. The van der Waals surface area contributed by atoms with Crippen LogP contribution in [0, 0.1) is 12.7 Å². The molecule has 0 bridgehead atoms. The normalized spacial score (nSPS) is 12.5. The number of carbonyl (C=O) groups excluding carboxylic acids is 2. The highest BCUT2D eigenvalue weighted by Crippen LogP contribution is 2.34. The zero-order valence-electron chi connectivity index (χ0n) is 18.1. The summed E-state index contributed by atoms with van der Waals surface area (Å²) in [7, 11) is 0. The predicted molar refractivity (Wildman–Crippen MR) is 132 cm³/mol. The van der Waals surface area contributed by atoms with Gasteiger partial charge in [-0.05, 0) is 72.0 Å². The zero-order valence-corrected chi connectivity index (χ0v) is 19.7. The molecule has 0 fully saturated rings. The maximum absolute atomic E-state index is 13.6. The van der Waals surface area contributed by atoms with Gasteiger partial charge in [-0.1, -0.05) is 17.7 Å². The number of benzene rings is 2. The highest BCUT2D eigenvalue weighted by atomic mass is 35.5. The Labute approximate surface area is 204 Å². The average molecular weight is 492 g/mol. The Morgan fingerprint density at radius 2 is 1.97 bits per heavy atom. The van der Waals surface area contributed by atoms with Gasteiger partial charge in [-0.2, -0.15) is 0 Å². The van der Waals surface area contributed by atoms with E-state index in [0.29, 0.717) is 29.8 Å². The van der Waals surface area contributed by atoms with Gasteiger partial charge in [-0.25, -0.2) is 4.39 Å². The molecule has 2 amide bonds. The standard InChI is InChI=1S/C26H19ClFN3O2S/c1-15-4-5-17(28)12-20(15)25(32)30-18-6-7-19(21(27)13-18)26(33)31-14-24-16(8-10-34-24)11-22-23(31)3-2-9-29-22/h2-10,12-13H,11,14H2,1H3,(H,30,32). The Bertz CT molecular complexity index is 1440. The molecular formula is C26H19ClFN3O2S. The molecule has 0 spiro atoms. The molecule has 0 aliphatic carbocycles. The molecule has 4 aromatic rings. The molecule has 34 heavy (non-hydrogen) atoms.